The lowest BCUT2D eigenvalue weighted by Crippen LogP contribution is -2.29. The van der Waals surface area contributed by atoms with E-state index in [1.807, 2.05) is 7.05 Å². The van der Waals surface area contributed by atoms with Crippen molar-refractivity contribution in [2.45, 2.75) is 39.0 Å². The number of rotatable bonds is 4. The molecule has 76 valence electrons. The summed E-state index contributed by atoms with van der Waals surface area (Å²) < 4.78 is 0. The van der Waals surface area contributed by atoms with Crippen molar-refractivity contribution in [1.29, 1.82) is 0 Å². The van der Waals surface area contributed by atoms with E-state index in [4.69, 9.17) is 0 Å². The smallest absolute Gasteiger partial charge is 0.149 e. The van der Waals surface area contributed by atoms with Gasteiger partial charge < -0.3 is 5.32 Å². The number of hydrogen-bond donors (Lipinski definition) is 1. The topological polar surface area (TPSA) is 29.1 Å². The summed E-state index contributed by atoms with van der Waals surface area (Å²) in [6.45, 7) is 2.81. The molecule has 1 N–H and O–H groups in total. The summed E-state index contributed by atoms with van der Waals surface area (Å²) in [5.41, 5.74) is 0. The molecule has 0 spiro atoms. The van der Waals surface area contributed by atoms with Crippen molar-refractivity contribution < 1.29 is 4.79 Å². The number of carbonyl (C=O) groups excluding carboxylic acids is 1. The van der Waals surface area contributed by atoms with Gasteiger partial charge in [0.15, 0.2) is 0 Å². The standard InChI is InChI=1S/C11H21NO/c1-3-9-4-6-10(7-5-9)11(13)8-12-2/h9-10,12H,3-8H2,1-2H3. The van der Waals surface area contributed by atoms with Crippen LogP contribution in [0.3, 0.4) is 0 Å². The zero-order valence-corrected chi connectivity index (χ0v) is 8.81. The van der Waals surface area contributed by atoms with Gasteiger partial charge in [0.05, 0.1) is 6.54 Å². The maximum Gasteiger partial charge on any atom is 0.149 e. The molecule has 0 unspecified atom stereocenters. The van der Waals surface area contributed by atoms with E-state index in [0.717, 1.165) is 18.8 Å². The second-order valence-electron chi connectivity index (χ2n) is 4.12. The van der Waals surface area contributed by atoms with Gasteiger partial charge in [-0.2, -0.15) is 0 Å². The molecule has 13 heavy (non-hydrogen) atoms. The summed E-state index contributed by atoms with van der Waals surface area (Å²) in [4.78, 5) is 11.5. The fraction of sp³-hybridized carbons (Fsp3) is 0.909. The van der Waals surface area contributed by atoms with Crippen molar-refractivity contribution in [1.82, 2.24) is 5.32 Å². The van der Waals surface area contributed by atoms with Gasteiger partial charge in [-0.15, -0.1) is 0 Å². The largest absolute Gasteiger partial charge is 0.313 e. The number of ketones is 1. The van der Waals surface area contributed by atoms with Crippen molar-refractivity contribution in [2.75, 3.05) is 13.6 Å². The molecule has 0 saturated heterocycles. The maximum absolute atomic E-state index is 11.5. The van der Waals surface area contributed by atoms with Crippen LogP contribution in [-0.2, 0) is 4.79 Å². The quantitative estimate of drug-likeness (QED) is 0.722. The molecular formula is C11H21NO. The third-order valence-electron chi connectivity index (χ3n) is 3.23. The van der Waals surface area contributed by atoms with Crippen molar-refractivity contribution in [2.24, 2.45) is 11.8 Å². The molecule has 0 aliphatic heterocycles. The Morgan fingerprint density at radius 3 is 2.38 bits per heavy atom. The van der Waals surface area contributed by atoms with Crippen LogP contribution in [0.4, 0.5) is 0 Å². The maximum atomic E-state index is 11.5. The molecule has 1 fully saturated rings. The molecule has 2 nitrogen and oxygen atoms in total. The summed E-state index contributed by atoms with van der Waals surface area (Å²) in [5.74, 6) is 1.66. The van der Waals surface area contributed by atoms with Crippen LogP contribution in [0, 0.1) is 11.8 Å². The average molecular weight is 183 g/mol. The van der Waals surface area contributed by atoms with E-state index in [1.54, 1.807) is 0 Å². The molecule has 0 amide bonds. The third-order valence-corrected chi connectivity index (χ3v) is 3.23. The lowest BCUT2D eigenvalue weighted by molar-refractivity contribution is -0.123. The molecule has 0 aromatic heterocycles. The Morgan fingerprint density at radius 2 is 1.92 bits per heavy atom. The lowest BCUT2D eigenvalue weighted by Gasteiger charge is -2.26. The highest BCUT2D eigenvalue weighted by Crippen LogP contribution is 2.30. The highest BCUT2D eigenvalue weighted by molar-refractivity contribution is 5.82. The number of Topliss-reactive ketones (excluding diaryl/α,β-unsaturated/α-hetero) is 1. The monoisotopic (exact) mass is 183 g/mol. The van der Waals surface area contributed by atoms with Gasteiger partial charge in [0, 0.05) is 5.92 Å². The summed E-state index contributed by atoms with van der Waals surface area (Å²) in [5, 5.41) is 2.94. The van der Waals surface area contributed by atoms with Crippen LogP contribution in [0.25, 0.3) is 0 Å². The molecule has 1 rings (SSSR count). The predicted octanol–water partition coefficient (Wildman–Crippen LogP) is 1.99. The number of nitrogens with one attached hydrogen (secondary N) is 1. The zero-order chi connectivity index (χ0) is 9.68. The molecule has 1 aliphatic carbocycles. The van der Waals surface area contributed by atoms with E-state index in [0.29, 0.717) is 18.2 Å². The van der Waals surface area contributed by atoms with E-state index < -0.39 is 0 Å². The minimum atomic E-state index is 0.357. The molecule has 2 heteroatoms. The Morgan fingerprint density at radius 1 is 1.31 bits per heavy atom. The van der Waals surface area contributed by atoms with Crippen LogP contribution < -0.4 is 5.32 Å². The van der Waals surface area contributed by atoms with E-state index in [1.165, 1.54) is 19.3 Å². The van der Waals surface area contributed by atoms with E-state index in [-0.39, 0.29) is 0 Å². The first-order valence-electron chi connectivity index (χ1n) is 5.45. The zero-order valence-electron chi connectivity index (χ0n) is 8.81. The first kappa shape index (κ1) is 10.7. The summed E-state index contributed by atoms with van der Waals surface area (Å²) >= 11 is 0. The number of carbonyl (C=O) groups is 1. The van der Waals surface area contributed by atoms with Gasteiger partial charge in [0.1, 0.15) is 5.78 Å². The van der Waals surface area contributed by atoms with Crippen LogP contribution in [0.1, 0.15) is 39.0 Å². The SMILES string of the molecule is CCC1CCC(C(=O)CNC)CC1. The molecule has 1 saturated carbocycles. The van der Waals surface area contributed by atoms with Crippen molar-refractivity contribution in [3.63, 3.8) is 0 Å². The van der Waals surface area contributed by atoms with Gasteiger partial charge in [0.2, 0.25) is 0 Å². The fourth-order valence-corrected chi connectivity index (χ4v) is 2.21. The van der Waals surface area contributed by atoms with Crippen molar-refractivity contribution >= 4 is 5.78 Å². The van der Waals surface area contributed by atoms with Gasteiger partial charge in [-0.3, -0.25) is 4.79 Å². The normalized spacial score (nSPS) is 28.8. The Labute approximate surface area is 81.1 Å². The summed E-state index contributed by atoms with van der Waals surface area (Å²) in [6.07, 6.45) is 6.05. The van der Waals surface area contributed by atoms with Crippen molar-refractivity contribution in [3.05, 3.63) is 0 Å². The molecule has 0 bridgehead atoms. The van der Waals surface area contributed by atoms with Crippen LogP contribution in [0.15, 0.2) is 0 Å². The highest BCUT2D eigenvalue weighted by Gasteiger charge is 2.24. The Bertz CT molecular complexity index is 159. The first-order chi connectivity index (χ1) is 6.27. The number of hydrogen-bond acceptors (Lipinski definition) is 2. The summed E-state index contributed by atoms with van der Waals surface area (Å²) in [6, 6.07) is 0. The van der Waals surface area contributed by atoms with Crippen molar-refractivity contribution in [3.8, 4) is 0 Å². The summed E-state index contributed by atoms with van der Waals surface area (Å²) in [7, 11) is 1.84. The van der Waals surface area contributed by atoms with Gasteiger partial charge in [-0.05, 0) is 38.6 Å². The van der Waals surface area contributed by atoms with Gasteiger partial charge >= 0.3 is 0 Å². The van der Waals surface area contributed by atoms with E-state index >= 15 is 0 Å². The van der Waals surface area contributed by atoms with E-state index in [2.05, 4.69) is 12.2 Å². The molecular weight excluding hydrogens is 162 g/mol. The van der Waals surface area contributed by atoms with E-state index in [9.17, 15) is 4.79 Å². The van der Waals surface area contributed by atoms with Crippen LogP contribution in [-0.4, -0.2) is 19.4 Å². The van der Waals surface area contributed by atoms with Gasteiger partial charge in [0.25, 0.3) is 0 Å². The molecule has 0 radical (unpaired) electrons. The minimum Gasteiger partial charge on any atom is -0.313 e. The Hall–Kier alpha value is -0.370. The third kappa shape index (κ3) is 3.11. The number of likely N-dealkylation sites (N-methyl/N-ethyl adjacent to an activating group) is 1. The Balaban J connectivity index is 2.28. The van der Waals surface area contributed by atoms with Crippen LogP contribution in [0.5, 0.6) is 0 Å². The molecule has 1 aliphatic rings. The Kier molecular flexibility index (Phi) is 4.43. The molecule has 0 heterocycles. The molecule has 0 atom stereocenters. The molecule has 0 aromatic rings. The van der Waals surface area contributed by atoms with Crippen LogP contribution in [0.2, 0.25) is 0 Å². The highest BCUT2D eigenvalue weighted by atomic mass is 16.1. The minimum absolute atomic E-state index is 0.357. The fourth-order valence-electron chi connectivity index (χ4n) is 2.21. The predicted molar refractivity (Wildman–Crippen MR) is 54.7 cm³/mol. The average Bonchev–Trinajstić information content (AvgIpc) is 2.18. The van der Waals surface area contributed by atoms with Gasteiger partial charge in [-0.1, -0.05) is 13.3 Å². The second kappa shape index (κ2) is 5.38. The molecule has 0 aromatic carbocycles. The van der Waals surface area contributed by atoms with Crippen LogP contribution >= 0.6 is 0 Å². The lowest BCUT2D eigenvalue weighted by atomic mass is 9.79. The first-order valence-corrected chi connectivity index (χ1v) is 5.45. The second-order valence-corrected chi connectivity index (χ2v) is 4.12. The van der Waals surface area contributed by atoms with Gasteiger partial charge in [-0.25, -0.2) is 0 Å².